The maximum atomic E-state index is 14.0. The van der Waals surface area contributed by atoms with Gasteiger partial charge < -0.3 is 30.1 Å². The minimum atomic E-state index is -0.760. The zero-order valence-corrected chi connectivity index (χ0v) is 28.7. The first-order valence-electron chi connectivity index (χ1n) is 15.8. The van der Waals surface area contributed by atoms with E-state index in [-0.39, 0.29) is 29.4 Å². The highest BCUT2D eigenvalue weighted by molar-refractivity contribution is 9.11. The van der Waals surface area contributed by atoms with E-state index in [2.05, 4.69) is 59.0 Å². The summed E-state index contributed by atoms with van der Waals surface area (Å²) in [5.74, 6) is -0.000188. The molecule has 242 valence electrons. The van der Waals surface area contributed by atoms with Crippen molar-refractivity contribution in [3.8, 4) is 5.75 Å². The number of piperidine rings is 2. The first kappa shape index (κ1) is 32.1. The lowest BCUT2D eigenvalue weighted by Gasteiger charge is -2.43. The van der Waals surface area contributed by atoms with E-state index in [1.165, 1.54) is 0 Å². The minimum absolute atomic E-state index is 0.0114. The number of amides is 3. The monoisotopic (exact) mass is 745 g/mol. The maximum Gasteiger partial charge on any atom is 0.326 e. The van der Waals surface area contributed by atoms with Gasteiger partial charge in [-0.2, -0.15) is 0 Å². The molecular weight excluding hydrogens is 706 g/mol. The molecule has 3 aliphatic rings. The predicted molar refractivity (Wildman–Crippen MR) is 181 cm³/mol. The van der Waals surface area contributed by atoms with Crippen LogP contribution < -0.4 is 11.0 Å². The third kappa shape index (κ3) is 7.11. The number of piperazine rings is 1. The molecule has 1 atom stereocenters. The van der Waals surface area contributed by atoms with Crippen LogP contribution in [0.3, 0.4) is 0 Å². The Morgan fingerprint density at radius 1 is 0.911 bits per heavy atom. The summed E-state index contributed by atoms with van der Waals surface area (Å²) in [7, 11) is 2.17. The molecule has 0 saturated carbocycles. The number of aromatic nitrogens is 2. The Morgan fingerprint density at radius 3 is 2.20 bits per heavy atom. The van der Waals surface area contributed by atoms with Crippen molar-refractivity contribution in [2.45, 2.75) is 50.2 Å². The molecule has 11 nitrogen and oxygen atoms in total. The summed E-state index contributed by atoms with van der Waals surface area (Å²) >= 11 is 6.80. The highest BCUT2D eigenvalue weighted by atomic mass is 79.9. The van der Waals surface area contributed by atoms with Crippen LogP contribution in [0, 0.1) is 0 Å². The highest BCUT2D eigenvalue weighted by Crippen LogP contribution is 2.34. The number of fused-ring (bicyclic) bond motifs is 1. The Balaban J connectivity index is 1.12. The molecule has 0 bridgehead atoms. The minimum Gasteiger partial charge on any atom is -0.506 e. The van der Waals surface area contributed by atoms with Crippen molar-refractivity contribution in [2.75, 3.05) is 59.4 Å². The molecule has 3 saturated heterocycles. The van der Waals surface area contributed by atoms with Gasteiger partial charge in [0.25, 0.3) is 0 Å². The normalized spacial score (nSPS) is 20.1. The van der Waals surface area contributed by atoms with Gasteiger partial charge in [0.1, 0.15) is 11.8 Å². The second kappa shape index (κ2) is 13.9. The average molecular weight is 748 g/mol. The fourth-order valence-corrected chi connectivity index (χ4v) is 8.35. The predicted octanol–water partition coefficient (Wildman–Crippen LogP) is 3.76. The third-order valence-corrected chi connectivity index (χ3v) is 10.9. The number of urea groups is 1. The Labute approximate surface area is 279 Å². The third-order valence-electron chi connectivity index (χ3n) is 9.68. The Bertz CT molecular complexity index is 1560. The number of phenols is 1. The van der Waals surface area contributed by atoms with Gasteiger partial charge in [0.15, 0.2) is 0 Å². The number of carbonyl (C=O) groups is 2. The second-order valence-electron chi connectivity index (χ2n) is 12.5. The number of aromatic hydroxyl groups is 1. The SMILES string of the molecule is CN1CCC(N2CCN(C(=O)[C@@H](Cc3cc(Br)c(O)c(Br)c3)NC(=O)N3CCC(n4c(=O)[nH]c5ccccc54)CC3)CC2)CC1. The van der Waals surface area contributed by atoms with Crippen LogP contribution in [0.4, 0.5) is 4.79 Å². The molecule has 2 aromatic carbocycles. The Hall–Kier alpha value is -2.87. The number of nitrogens with zero attached hydrogens (tertiary/aromatic N) is 5. The van der Waals surface area contributed by atoms with Crippen molar-refractivity contribution in [1.29, 1.82) is 0 Å². The zero-order chi connectivity index (χ0) is 31.7. The first-order valence-corrected chi connectivity index (χ1v) is 17.4. The maximum absolute atomic E-state index is 14.0. The molecule has 0 unspecified atom stereocenters. The summed E-state index contributed by atoms with van der Waals surface area (Å²) in [5.41, 5.74) is 2.36. The van der Waals surface area contributed by atoms with Crippen LogP contribution >= 0.6 is 31.9 Å². The van der Waals surface area contributed by atoms with Crippen molar-refractivity contribution in [1.82, 2.24) is 34.5 Å². The number of H-pyrrole nitrogens is 1. The standard InChI is InChI=1S/C32H41Br2N7O4/c1-37-10-6-22(7-11-37)38-14-16-39(17-15-38)30(43)27(20-21-18-24(33)29(42)25(34)19-21)36-31(44)40-12-8-23(9-13-40)41-28-5-3-2-4-26(28)35-32(41)45/h2-5,18-19,22-23,27,42H,6-17,20H2,1H3,(H,35,45)(H,36,44)/t27-/m1/s1. The lowest BCUT2D eigenvalue weighted by atomic mass is 10.0. The van der Waals surface area contributed by atoms with Crippen LogP contribution in [0.2, 0.25) is 0 Å². The van der Waals surface area contributed by atoms with E-state index in [4.69, 9.17) is 0 Å². The number of hydrogen-bond acceptors (Lipinski definition) is 6. The van der Waals surface area contributed by atoms with Gasteiger partial charge in [-0.1, -0.05) is 12.1 Å². The molecular formula is C32H41Br2N7O4. The number of para-hydroxylation sites is 2. The van der Waals surface area contributed by atoms with Crippen molar-refractivity contribution in [2.24, 2.45) is 0 Å². The van der Waals surface area contributed by atoms with Crippen LogP contribution in [0.1, 0.15) is 37.3 Å². The number of rotatable bonds is 6. The molecule has 45 heavy (non-hydrogen) atoms. The Morgan fingerprint density at radius 2 is 1.53 bits per heavy atom. The summed E-state index contributed by atoms with van der Waals surface area (Å²) in [6.45, 7) is 6.09. The van der Waals surface area contributed by atoms with Gasteiger partial charge in [-0.05, 0) is 108 Å². The van der Waals surface area contributed by atoms with Gasteiger partial charge in [-0.3, -0.25) is 14.3 Å². The molecule has 6 rings (SSSR count). The molecule has 3 aliphatic heterocycles. The first-order chi connectivity index (χ1) is 21.7. The number of halogens is 2. The number of hydrogen-bond donors (Lipinski definition) is 3. The average Bonchev–Trinajstić information content (AvgIpc) is 3.39. The Kier molecular flexibility index (Phi) is 9.88. The van der Waals surface area contributed by atoms with Crippen LogP contribution in [0.5, 0.6) is 5.75 Å². The topological polar surface area (TPSA) is 117 Å². The number of carbonyl (C=O) groups excluding carboxylic acids is 2. The second-order valence-corrected chi connectivity index (χ2v) is 14.3. The van der Waals surface area contributed by atoms with Gasteiger partial charge >= 0.3 is 11.7 Å². The number of phenolic OH excluding ortho intramolecular Hbond substituents is 1. The van der Waals surface area contributed by atoms with Crippen molar-refractivity contribution in [3.63, 3.8) is 0 Å². The molecule has 0 spiro atoms. The van der Waals surface area contributed by atoms with Gasteiger partial charge in [0, 0.05) is 57.8 Å². The number of benzene rings is 2. The summed E-state index contributed by atoms with van der Waals surface area (Å²) in [5, 5.41) is 13.3. The quantitative estimate of drug-likeness (QED) is 0.354. The van der Waals surface area contributed by atoms with Gasteiger partial charge in [0.2, 0.25) is 5.91 Å². The summed E-state index contributed by atoms with van der Waals surface area (Å²) in [6.07, 6.45) is 3.88. The van der Waals surface area contributed by atoms with Crippen LogP contribution in [0.25, 0.3) is 11.0 Å². The molecule has 0 radical (unpaired) electrons. The van der Waals surface area contributed by atoms with Crippen molar-refractivity contribution in [3.05, 3.63) is 61.4 Å². The summed E-state index contributed by atoms with van der Waals surface area (Å²) < 4.78 is 2.85. The molecule has 3 N–H and O–H groups in total. The van der Waals surface area contributed by atoms with Gasteiger partial charge in [-0.15, -0.1) is 0 Å². The van der Waals surface area contributed by atoms with E-state index in [9.17, 15) is 19.5 Å². The van der Waals surface area contributed by atoms with Crippen molar-refractivity contribution < 1.29 is 14.7 Å². The van der Waals surface area contributed by atoms with E-state index in [0.717, 1.165) is 55.6 Å². The van der Waals surface area contributed by atoms with Crippen LogP contribution in [-0.4, -0.2) is 118 Å². The largest absolute Gasteiger partial charge is 0.506 e. The van der Waals surface area contributed by atoms with E-state index >= 15 is 0 Å². The zero-order valence-electron chi connectivity index (χ0n) is 25.6. The number of likely N-dealkylation sites (tertiary alicyclic amines) is 2. The molecule has 3 amide bonds. The summed E-state index contributed by atoms with van der Waals surface area (Å²) in [6, 6.07) is 10.7. The molecule has 0 aliphatic carbocycles. The fraction of sp³-hybridized carbons (Fsp3) is 0.531. The van der Waals surface area contributed by atoms with E-state index in [1.807, 2.05) is 33.7 Å². The molecule has 3 fully saturated rings. The lowest BCUT2D eigenvalue weighted by Crippen LogP contribution is -2.59. The molecule has 13 heteroatoms. The van der Waals surface area contributed by atoms with Crippen molar-refractivity contribution >= 4 is 54.8 Å². The smallest absolute Gasteiger partial charge is 0.326 e. The number of nitrogens with one attached hydrogen (secondary N) is 2. The highest BCUT2D eigenvalue weighted by Gasteiger charge is 2.34. The fourth-order valence-electron chi connectivity index (χ4n) is 7.06. The molecule has 3 aromatic rings. The van der Waals surface area contributed by atoms with E-state index in [0.29, 0.717) is 60.4 Å². The lowest BCUT2D eigenvalue weighted by molar-refractivity contribution is -0.135. The number of imidazole rings is 1. The number of aromatic amines is 1. The molecule has 4 heterocycles. The van der Waals surface area contributed by atoms with E-state index in [1.54, 1.807) is 17.0 Å². The van der Waals surface area contributed by atoms with Gasteiger partial charge in [0.05, 0.1) is 20.0 Å². The summed E-state index contributed by atoms with van der Waals surface area (Å²) in [4.78, 5) is 51.8. The van der Waals surface area contributed by atoms with Crippen LogP contribution in [-0.2, 0) is 11.2 Å². The molecule has 1 aromatic heterocycles. The van der Waals surface area contributed by atoms with E-state index < -0.39 is 6.04 Å². The van der Waals surface area contributed by atoms with Crippen LogP contribution in [0.15, 0.2) is 50.1 Å². The van der Waals surface area contributed by atoms with Gasteiger partial charge in [-0.25, -0.2) is 9.59 Å².